The van der Waals surface area contributed by atoms with E-state index in [0.717, 1.165) is 30.8 Å². The van der Waals surface area contributed by atoms with Gasteiger partial charge in [-0.05, 0) is 49.6 Å². The molecule has 0 aromatic heterocycles. The lowest BCUT2D eigenvalue weighted by Crippen LogP contribution is -2.40. The Morgan fingerprint density at radius 3 is 2.75 bits per heavy atom. The summed E-state index contributed by atoms with van der Waals surface area (Å²) in [4.78, 5) is 12.1. The highest BCUT2D eigenvalue weighted by molar-refractivity contribution is 5.82. The minimum atomic E-state index is -0.377. The van der Waals surface area contributed by atoms with E-state index in [2.05, 4.69) is 37.5 Å². The maximum absolute atomic E-state index is 12.1. The van der Waals surface area contributed by atoms with Crippen molar-refractivity contribution >= 4 is 5.91 Å². The molecule has 1 aromatic carbocycles. The number of ether oxygens (including phenoxy) is 1. The van der Waals surface area contributed by atoms with Crippen LogP contribution < -0.4 is 15.4 Å². The van der Waals surface area contributed by atoms with Crippen LogP contribution in [0.1, 0.15) is 30.0 Å². The zero-order chi connectivity index (χ0) is 14.5. The monoisotopic (exact) mass is 276 g/mol. The lowest BCUT2D eigenvalue weighted by Gasteiger charge is -2.11. The number of rotatable bonds is 6. The molecule has 0 bridgehead atoms. The molecule has 1 amide bonds. The second-order valence-electron chi connectivity index (χ2n) is 5.40. The predicted octanol–water partition coefficient (Wildman–Crippen LogP) is 1.72. The van der Waals surface area contributed by atoms with Gasteiger partial charge in [0, 0.05) is 19.5 Å². The number of benzene rings is 1. The third-order valence-corrected chi connectivity index (χ3v) is 3.67. The molecule has 1 unspecified atom stereocenters. The Hall–Kier alpha value is -1.55. The van der Waals surface area contributed by atoms with E-state index in [1.807, 2.05) is 6.07 Å². The Balaban J connectivity index is 1.83. The van der Waals surface area contributed by atoms with Gasteiger partial charge >= 0.3 is 0 Å². The predicted molar refractivity (Wildman–Crippen MR) is 80.2 cm³/mol. The first-order valence-electron chi connectivity index (χ1n) is 7.37. The van der Waals surface area contributed by atoms with Crippen LogP contribution in [0.4, 0.5) is 0 Å². The van der Waals surface area contributed by atoms with Crippen LogP contribution in [0.3, 0.4) is 0 Å². The third kappa shape index (κ3) is 3.51. The van der Waals surface area contributed by atoms with Crippen LogP contribution in [0.25, 0.3) is 0 Å². The van der Waals surface area contributed by atoms with E-state index in [9.17, 15) is 4.79 Å². The van der Waals surface area contributed by atoms with E-state index >= 15 is 0 Å². The van der Waals surface area contributed by atoms with E-state index in [1.165, 1.54) is 11.1 Å². The van der Waals surface area contributed by atoms with Crippen molar-refractivity contribution < 1.29 is 9.53 Å². The van der Waals surface area contributed by atoms with Crippen LogP contribution in [0.2, 0.25) is 0 Å². The van der Waals surface area contributed by atoms with Crippen LogP contribution >= 0.6 is 0 Å². The molecule has 1 atom stereocenters. The Kier molecular flexibility index (Phi) is 5.01. The zero-order valence-corrected chi connectivity index (χ0v) is 12.6. The van der Waals surface area contributed by atoms with Crippen molar-refractivity contribution in [1.82, 2.24) is 10.6 Å². The summed E-state index contributed by atoms with van der Waals surface area (Å²) in [7, 11) is 0. The molecular weight excluding hydrogens is 252 g/mol. The van der Waals surface area contributed by atoms with Gasteiger partial charge in [0.1, 0.15) is 5.75 Å². The van der Waals surface area contributed by atoms with Gasteiger partial charge in [0.15, 0.2) is 6.10 Å². The van der Waals surface area contributed by atoms with Crippen molar-refractivity contribution in [3.05, 3.63) is 28.8 Å². The number of carbonyl (C=O) groups excluding carboxylic acids is 1. The molecule has 4 nitrogen and oxygen atoms in total. The molecule has 0 fully saturated rings. The van der Waals surface area contributed by atoms with Crippen molar-refractivity contribution in [3.63, 3.8) is 0 Å². The molecule has 2 N–H and O–H groups in total. The topological polar surface area (TPSA) is 50.4 Å². The minimum absolute atomic E-state index is 0.0187. The summed E-state index contributed by atoms with van der Waals surface area (Å²) >= 11 is 0. The number of carbonyl (C=O) groups is 1. The molecule has 4 heteroatoms. The molecule has 1 aromatic rings. The highest BCUT2D eigenvalue weighted by Crippen LogP contribution is 2.31. The first-order valence-corrected chi connectivity index (χ1v) is 7.37. The van der Waals surface area contributed by atoms with Gasteiger partial charge in [-0.3, -0.25) is 4.79 Å². The Morgan fingerprint density at radius 2 is 2.00 bits per heavy atom. The minimum Gasteiger partial charge on any atom is -0.480 e. The summed E-state index contributed by atoms with van der Waals surface area (Å²) in [5, 5.41) is 6.18. The molecule has 0 aliphatic carbocycles. The maximum Gasteiger partial charge on any atom is 0.261 e. The van der Waals surface area contributed by atoms with Gasteiger partial charge in [-0.1, -0.05) is 13.0 Å². The van der Waals surface area contributed by atoms with Gasteiger partial charge in [0.05, 0.1) is 0 Å². The summed E-state index contributed by atoms with van der Waals surface area (Å²) < 4.78 is 5.75. The van der Waals surface area contributed by atoms with Crippen molar-refractivity contribution in [3.8, 4) is 5.75 Å². The second-order valence-corrected chi connectivity index (χ2v) is 5.40. The van der Waals surface area contributed by atoms with E-state index in [1.54, 1.807) is 0 Å². The maximum atomic E-state index is 12.1. The molecule has 0 radical (unpaired) electrons. The number of hydrogen-bond acceptors (Lipinski definition) is 3. The molecule has 0 spiro atoms. The van der Waals surface area contributed by atoms with Crippen LogP contribution in [-0.4, -0.2) is 31.6 Å². The molecule has 20 heavy (non-hydrogen) atoms. The second kappa shape index (κ2) is 6.75. The number of aryl methyl sites for hydroxylation is 2. The quantitative estimate of drug-likeness (QED) is 0.778. The first-order chi connectivity index (χ1) is 9.61. The number of hydrogen-bond donors (Lipinski definition) is 2. The van der Waals surface area contributed by atoms with E-state index in [0.29, 0.717) is 13.0 Å². The van der Waals surface area contributed by atoms with Crippen LogP contribution in [0.15, 0.2) is 12.1 Å². The average Bonchev–Trinajstić information content (AvgIpc) is 2.82. The largest absolute Gasteiger partial charge is 0.480 e. The number of amides is 1. The normalized spacial score (nSPS) is 16.6. The lowest BCUT2D eigenvalue weighted by molar-refractivity contribution is -0.127. The summed E-state index contributed by atoms with van der Waals surface area (Å²) in [5.74, 6) is 0.840. The van der Waals surface area contributed by atoms with Crippen molar-refractivity contribution in [2.45, 2.75) is 39.7 Å². The standard InChI is InChI=1S/C16H24N2O2/c1-4-5-17-6-7-18-16(19)15-10-13-8-11(2)12(3)9-14(13)20-15/h8-9,15,17H,4-7,10H2,1-3H3,(H,18,19). The van der Waals surface area contributed by atoms with Gasteiger partial charge in [-0.15, -0.1) is 0 Å². The molecule has 110 valence electrons. The molecule has 1 aliphatic rings. The molecule has 1 heterocycles. The molecular formula is C16H24N2O2. The summed E-state index contributed by atoms with van der Waals surface area (Å²) in [6.07, 6.45) is 1.40. The van der Waals surface area contributed by atoms with Crippen LogP contribution in [0.5, 0.6) is 5.75 Å². The van der Waals surface area contributed by atoms with Gasteiger partial charge in [-0.25, -0.2) is 0 Å². The molecule has 0 saturated heterocycles. The van der Waals surface area contributed by atoms with Crippen molar-refractivity contribution in [2.75, 3.05) is 19.6 Å². The SMILES string of the molecule is CCCNCCNC(=O)C1Cc2cc(C)c(C)cc2O1. The van der Waals surface area contributed by atoms with Crippen LogP contribution in [-0.2, 0) is 11.2 Å². The number of nitrogens with one attached hydrogen (secondary N) is 2. The zero-order valence-electron chi connectivity index (χ0n) is 12.6. The van der Waals surface area contributed by atoms with Gasteiger partial charge in [0.2, 0.25) is 0 Å². The fourth-order valence-electron chi connectivity index (χ4n) is 2.35. The highest BCUT2D eigenvalue weighted by Gasteiger charge is 2.29. The fraction of sp³-hybridized carbons (Fsp3) is 0.562. The Morgan fingerprint density at radius 1 is 1.25 bits per heavy atom. The van der Waals surface area contributed by atoms with Gasteiger partial charge < -0.3 is 15.4 Å². The average molecular weight is 276 g/mol. The van der Waals surface area contributed by atoms with Gasteiger partial charge in [-0.2, -0.15) is 0 Å². The van der Waals surface area contributed by atoms with E-state index in [-0.39, 0.29) is 12.0 Å². The van der Waals surface area contributed by atoms with Crippen LogP contribution in [0, 0.1) is 13.8 Å². The molecule has 0 saturated carbocycles. The third-order valence-electron chi connectivity index (χ3n) is 3.67. The fourth-order valence-corrected chi connectivity index (χ4v) is 2.35. The smallest absolute Gasteiger partial charge is 0.261 e. The van der Waals surface area contributed by atoms with E-state index < -0.39 is 0 Å². The molecule has 2 rings (SSSR count). The lowest BCUT2D eigenvalue weighted by atomic mass is 10.0. The van der Waals surface area contributed by atoms with Gasteiger partial charge in [0.25, 0.3) is 5.91 Å². The highest BCUT2D eigenvalue weighted by atomic mass is 16.5. The van der Waals surface area contributed by atoms with E-state index in [4.69, 9.17) is 4.74 Å². The number of fused-ring (bicyclic) bond motifs is 1. The Bertz CT molecular complexity index is 455. The first kappa shape index (κ1) is 14.9. The summed E-state index contributed by atoms with van der Waals surface area (Å²) in [6.45, 7) is 8.71. The Labute approximate surface area is 120 Å². The van der Waals surface area contributed by atoms with Crippen molar-refractivity contribution in [1.29, 1.82) is 0 Å². The summed E-state index contributed by atoms with van der Waals surface area (Å²) in [5.41, 5.74) is 3.59. The van der Waals surface area contributed by atoms with Crippen molar-refractivity contribution in [2.24, 2.45) is 0 Å². The molecule has 1 aliphatic heterocycles. The summed E-state index contributed by atoms with van der Waals surface area (Å²) in [6, 6.07) is 4.15.